The van der Waals surface area contributed by atoms with E-state index in [9.17, 15) is 9.59 Å². The van der Waals surface area contributed by atoms with E-state index in [-0.39, 0.29) is 11.7 Å². The molecule has 106 valence electrons. The second kappa shape index (κ2) is 4.88. The van der Waals surface area contributed by atoms with Gasteiger partial charge >= 0.3 is 17.8 Å². The van der Waals surface area contributed by atoms with Crippen LogP contribution in [0.15, 0.2) is 9.98 Å². The third kappa shape index (κ3) is 2.06. The molecule has 0 spiro atoms. The molecule has 3 aliphatic heterocycles. The van der Waals surface area contributed by atoms with Crippen LogP contribution >= 0.6 is 0 Å². The van der Waals surface area contributed by atoms with Crippen LogP contribution in [0.25, 0.3) is 0 Å². The molecule has 3 rings (SSSR count). The second-order valence-electron chi connectivity index (χ2n) is 4.91. The Bertz CT molecular complexity index is 572. The molecule has 0 unspecified atom stereocenters. The second-order valence-corrected chi connectivity index (χ2v) is 4.91. The number of morpholine rings is 1. The summed E-state index contributed by atoms with van der Waals surface area (Å²) >= 11 is 0. The van der Waals surface area contributed by atoms with Crippen molar-refractivity contribution in [3.8, 4) is 0 Å². The molecule has 0 N–H and O–H groups in total. The highest BCUT2D eigenvalue weighted by Crippen LogP contribution is 2.11. The van der Waals surface area contributed by atoms with Crippen LogP contribution in [0.2, 0.25) is 0 Å². The summed E-state index contributed by atoms with van der Waals surface area (Å²) in [7, 11) is 3.04. The molecule has 0 aromatic rings. The van der Waals surface area contributed by atoms with Crippen molar-refractivity contribution < 1.29 is 18.9 Å². The quantitative estimate of drug-likeness (QED) is 0.595. The number of amidine groups is 2. The number of ether oxygens (including phenoxy) is 1. The van der Waals surface area contributed by atoms with Gasteiger partial charge in [-0.15, -0.1) is 0 Å². The summed E-state index contributed by atoms with van der Waals surface area (Å²) in [6.07, 6.45) is 0. The van der Waals surface area contributed by atoms with Crippen LogP contribution in [-0.2, 0) is 9.53 Å². The Morgan fingerprint density at radius 1 is 1.25 bits per heavy atom. The van der Waals surface area contributed by atoms with Gasteiger partial charge in [0.25, 0.3) is 0 Å². The Hall–Kier alpha value is -1.93. The topological polar surface area (TPSA) is 77.6 Å². The number of rotatable bonds is 2. The van der Waals surface area contributed by atoms with Crippen LogP contribution in [0.1, 0.15) is 0 Å². The summed E-state index contributed by atoms with van der Waals surface area (Å²) in [5.41, 5.74) is 0.248. The first kappa shape index (κ1) is 13.1. The average molecular weight is 278 g/mol. The Morgan fingerprint density at radius 3 is 2.65 bits per heavy atom. The van der Waals surface area contributed by atoms with E-state index in [0.717, 1.165) is 18.0 Å². The summed E-state index contributed by atoms with van der Waals surface area (Å²) in [6, 6.07) is -0.389. The van der Waals surface area contributed by atoms with E-state index in [0.29, 0.717) is 31.4 Å². The molecule has 20 heavy (non-hydrogen) atoms. The summed E-state index contributed by atoms with van der Waals surface area (Å²) in [5, 5.41) is 0. The first-order chi connectivity index (χ1) is 9.58. The lowest BCUT2D eigenvalue weighted by atomic mass is 10.2. The number of aliphatic imine (C=N–C) groups is 2. The predicted molar refractivity (Wildman–Crippen MR) is 71.5 cm³/mol. The molecule has 3 amide bonds. The van der Waals surface area contributed by atoms with Crippen molar-refractivity contribution in [2.75, 3.05) is 46.9 Å². The van der Waals surface area contributed by atoms with E-state index in [4.69, 9.17) is 4.74 Å². The van der Waals surface area contributed by atoms with Crippen molar-refractivity contribution in [2.24, 2.45) is 9.98 Å². The van der Waals surface area contributed by atoms with E-state index in [2.05, 4.69) is 14.9 Å². The molecule has 1 fully saturated rings. The summed E-state index contributed by atoms with van der Waals surface area (Å²) < 4.78 is 6.64. The number of hydrogen-bond acceptors (Lipinski definition) is 6. The normalized spacial score (nSPS) is 24.0. The van der Waals surface area contributed by atoms with Gasteiger partial charge in [-0.25, -0.2) is 14.6 Å². The van der Waals surface area contributed by atoms with Crippen LogP contribution in [0.3, 0.4) is 0 Å². The van der Waals surface area contributed by atoms with Crippen molar-refractivity contribution in [3.05, 3.63) is 0 Å². The zero-order valence-electron chi connectivity index (χ0n) is 11.5. The third-order valence-corrected chi connectivity index (χ3v) is 3.56. The van der Waals surface area contributed by atoms with Gasteiger partial charge in [0.15, 0.2) is 0 Å². The first-order valence-corrected chi connectivity index (χ1v) is 6.47. The molecule has 1 saturated heterocycles. The first-order valence-electron chi connectivity index (χ1n) is 6.47. The summed E-state index contributed by atoms with van der Waals surface area (Å²) in [5.74, 6) is 0.519. The standard InChI is InChI=1S/C12H16N5O3/c1-15-10-9(11(18)16(2)12(15)19)13-8(14-10)7-17-3-5-20-6-4-17/h3-7H2,1-2H3/q+1. The molecule has 0 atom stereocenters. The molecule has 0 aliphatic carbocycles. The Kier molecular flexibility index (Phi) is 3.19. The van der Waals surface area contributed by atoms with Crippen molar-refractivity contribution in [1.82, 2.24) is 9.80 Å². The van der Waals surface area contributed by atoms with E-state index >= 15 is 0 Å². The van der Waals surface area contributed by atoms with Crippen molar-refractivity contribution in [3.63, 3.8) is 0 Å². The number of nitrogens with zero attached hydrogens (tertiary/aromatic N) is 5. The molecule has 0 radical (unpaired) electrons. The van der Waals surface area contributed by atoms with E-state index in [1.54, 1.807) is 7.05 Å². The summed E-state index contributed by atoms with van der Waals surface area (Å²) in [4.78, 5) is 35.7. The van der Waals surface area contributed by atoms with Gasteiger partial charge in [-0.05, 0) is 0 Å². The molecule has 0 saturated carbocycles. The van der Waals surface area contributed by atoms with Crippen molar-refractivity contribution in [1.29, 1.82) is 0 Å². The van der Waals surface area contributed by atoms with Gasteiger partial charge in [-0.2, -0.15) is 9.48 Å². The molecule has 8 heteroatoms. The SMILES string of the molecule is CN1C(=O)C2=NC(CN3CCOCC3)=NC2=[N+](C)C1=O. The number of imide groups is 1. The minimum absolute atomic E-state index is 0.248. The van der Waals surface area contributed by atoms with Crippen LogP contribution in [-0.4, -0.2) is 90.6 Å². The molecule has 0 bridgehead atoms. The van der Waals surface area contributed by atoms with E-state index in [1.165, 1.54) is 11.6 Å². The Labute approximate surface area is 116 Å². The predicted octanol–water partition coefficient (Wildman–Crippen LogP) is -1.20. The number of carbonyl (C=O) groups is 2. The molecular formula is C12H16N5O3+. The van der Waals surface area contributed by atoms with E-state index in [1.807, 2.05) is 0 Å². The third-order valence-electron chi connectivity index (χ3n) is 3.56. The Balaban J connectivity index is 1.85. The van der Waals surface area contributed by atoms with Crippen LogP contribution in [0, 0.1) is 0 Å². The fourth-order valence-electron chi connectivity index (χ4n) is 2.35. The molecular weight excluding hydrogens is 262 g/mol. The molecule has 0 aromatic carbocycles. The average Bonchev–Trinajstić information content (AvgIpc) is 2.88. The minimum Gasteiger partial charge on any atom is -0.379 e. The largest absolute Gasteiger partial charge is 0.446 e. The fourth-order valence-corrected chi connectivity index (χ4v) is 2.35. The van der Waals surface area contributed by atoms with Gasteiger partial charge in [0, 0.05) is 13.1 Å². The number of amides is 3. The van der Waals surface area contributed by atoms with Crippen LogP contribution in [0.5, 0.6) is 0 Å². The minimum atomic E-state index is -0.399. The maximum atomic E-state index is 12.0. The van der Waals surface area contributed by atoms with Gasteiger partial charge < -0.3 is 4.74 Å². The number of hydrogen-bond donors (Lipinski definition) is 0. The number of fused-ring (bicyclic) bond motifs is 1. The van der Waals surface area contributed by atoms with Gasteiger partial charge in [0.1, 0.15) is 0 Å². The van der Waals surface area contributed by atoms with Gasteiger partial charge in [-0.1, -0.05) is 4.99 Å². The van der Waals surface area contributed by atoms with Gasteiger partial charge in [-0.3, -0.25) is 4.90 Å². The highest BCUT2D eigenvalue weighted by atomic mass is 16.5. The van der Waals surface area contributed by atoms with Gasteiger partial charge in [0.05, 0.1) is 33.9 Å². The monoisotopic (exact) mass is 278 g/mol. The van der Waals surface area contributed by atoms with Crippen LogP contribution < -0.4 is 0 Å². The van der Waals surface area contributed by atoms with Crippen molar-refractivity contribution in [2.45, 2.75) is 0 Å². The maximum absolute atomic E-state index is 12.0. The van der Waals surface area contributed by atoms with Crippen molar-refractivity contribution >= 4 is 29.3 Å². The fraction of sp³-hybridized carbons (Fsp3) is 0.583. The summed E-state index contributed by atoms with van der Waals surface area (Å²) in [6.45, 7) is 3.60. The molecule has 8 nitrogen and oxygen atoms in total. The lowest BCUT2D eigenvalue weighted by Gasteiger charge is -2.24. The highest BCUT2D eigenvalue weighted by Gasteiger charge is 2.44. The van der Waals surface area contributed by atoms with E-state index < -0.39 is 5.91 Å². The van der Waals surface area contributed by atoms with Crippen LogP contribution in [0.4, 0.5) is 4.79 Å². The lowest BCUT2D eigenvalue weighted by molar-refractivity contribution is -0.401. The lowest BCUT2D eigenvalue weighted by Crippen LogP contribution is -2.51. The van der Waals surface area contributed by atoms with Gasteiger partial charge in [0.2, 0.25) is 11.5 Å². The zero-order chi connectivity index (χ0) is 14.3. The number of urea groups is 1. The molecule has 3 heterocycles. The number of carbonyl (C=O) groups excluding carboxylic acids is 2. The molecule has 0 aromatic heterocycles. The highest BCUT2D eigenvalue weighted by molar-refractivity contribution is 6.70. The maximum Gasteiger partial charge on any atom is 0.446 e. The zero-order valence-corrected chi connectivity index (χ0v) is 11.5. The molecule has 3 aliphatic rings. The Morgan fingerprint density at radius 2 is 1.95 bits per heavy atom. The smallest absolute Gasteiger partial charge is 0.379 e.